The first-order chi connectivity index (χ1) is 8.75. The van der Waals surface area contributed by atoms with Crippen LogP contribution in [0.15, 0.2) is 29.4 Å². The van der Waals surface area contributed by atoms with Gasteiger partial charge in [0.15, 0.2) is 0 Å². The first-order valence-electron chi connectivity index (χ1n) is 6.64. The molecule has 4 heteroatoms. The Kier molecular flexibility index (Phi) is 5.05. The van der Waals surface area contributed by atoms with Crippen LogP contribution in [0.5, 0.6) is 0 Å². The summed E-state index contributed by atoms with van der Waals surface area (Å²) in [4.78, 5) is 16.3. The second-order valence-electron chi connectivity index (χ2n) is 4.77. The predicted octanol–water partition coefficient (Wildman–Crippen LogP) is 3.01. The SMILES string of the molecule is C[C@@H](Sc1ccccn1)C(=O)NC1CCCCC1. The summed E-state index contributed by atoms with van der Waals surface area (Å²) in [5.74, 6) is 0.137. The number of carbonyl (C=O) groups excluding carboxylic acids is 1. The number of thioether (sulfide) groups is 1. The van der Waals surface area contributed by atoms with Gasteiger partial charge < -0.3 is 5.32 Å². The van der Waals surface area contributed by atoms with Crippen LogP contribution in [-0.4, -0.2) is 22.2 Å². The van der Waals surface area contributed by atoms with Gasteiger partial charge in [-0.2, -0.15) is 0 Å². The van der Waals surface area contributed by atoms with E-state index in [-0.39, 0.29) is 11.2 Å². The van der Waals surface area contributed by atoms with E-state index in [0.717, 1.165) is 17.9 Å². The molecule has 1 aliphatic carbocycles. The fraction of sp³-hybridized carbons (Fsp3) is 0.571. The van der Waals surface area contributed by atoms with E-state index in [0.29, 0.717) is 6.04 Å². The smallest absolute Gasteiger partial charge is 0.233 e. The minimum atomic E-state index is -0.0816. The van der Waals surface area contributed by atoms with Gasteiger partial charge in [0, 0.05) is 12.2 Å². The summed E-state index contributed by atoms with van der Waals surface area (Å²) in [6.45, 7) is 1.94. The van der Waals surface area contributed by atoms with Crippen LogP contribution in [0.2, 0.25) is 0 Å². The Bertz CT molecular complexity index is 377. The van der Waals surface area contributed by atoms with Gasteiger partial charge in [-0.25, -0.2) is 4.98 Å². The molecule has 1 aromatic heterocycles. The van der Waals surface area contributed by atoms with Crippen LogP contribution in [0.4, 0.5) is 0 Å². The summed E-state index contributed by atoms with van der Waals surface area (Å²) in [6, 6.07) is 6.16. The highest BCUT2D eigenvalue weighted by molar-refractivity contribution is 8.00. The third kappa shape index (κ3) is 4.02. The van der Waals surface area contributed by atoms with E-state index in [1.807, 2.05) is 25.1 Å². The molecule has 1 heterocycles. The molecule has 0 bridgehead atoms. The molecule has 0 unspecified atom stereocenters. The van der Waals surface area contributed by atoms with Gasteiger partial charge in [0.2, 0.25) is 5.91 Å². The molecule has 1 saturated carbocycles. The van der Waals surface area contributed by atoms with Gasteiger partial charge in [-0.15, -0.1) is 0 Å². The minimum Gasteiger partial charge on any atom is -0.352 e. The van der Waals surface area contributed by atoms with Crippen LogP contribution in [-0.2, 0) is 4.79 Å². The van der Waals surface area contributed by atoms with Crippen molar-refractivity contribution in [3.63, 3.8) is 0 Å². The van der Waals surface area contributed by atoms with Gasteiger partial charge in [0.05, 0.1) is 10.3 Å². The standard InChI is InChI=1S/C14H20N2OS/c1-11(18-13-9-5-6-10-15-13)14(17)16-12-7-3-2-4-8-12/h5-6,9-12H,2-4,7-8H2,1H3,(H,16,17)/t11-/m1/s1. The highest BCUT2D eigenvalue weighted by atomic mass is 32.2. The van der Waals surface area contributed by atoms with E-state index in [1.54, 1.807) is 6.20 Å². The molecular formula is C14H20N2OS. The molecule has 0 saturated heterocycles. The summed E-state index contributed by atoms with van der Waals surface area (Å²) in [5, 5.41) is 3.98. The maximum Gasteiger partial charge on any atom is 0.233 e. The number of aromatic nitrogens is 1. The first-order valence-corrected chi connectivity index (χ1v) is 7.52. The summed E-state index contributed by atoms with van der Waals surface area (Å²) < 4.78 is 0. The number of pyridine rings is 1. The second-order valence-corrected chi connectivity index (χ2v) is 6.13. The van der Waals surface area contributed by atoms with Crippen molar-refractivity contribution in [2.75, 3.05) is 0 Å². The third-order valence-electron chi connectivity index (χ3n) is 3.26. The molecule has 1 aromatic rings. The maximum absolute atomic E-state index is 12.1. The Balaban J connectivity index is 1.81. The zero-order valence-electron chi connectivity index (χ0n) is 10.8. The van der Waals surface area contributed by atoms with Crippen LogP contribution >= 0.6 is 11.8 Å². The molecular weight excluding hydrogens is 244 g/mol. The minimum absolute atomic E-state index is 0.0816. The van der Waals surface area contributed by atoms with Crippen LogP contribution in [0, 0.1) is 0 Å². The number of nitrogens with zero attached hydrogens (tertiary/aromatic N) is 1. The molecule has 0 radical (unpaired) electrons. The van der Waals surface area contributed by atoms with Gasteiger partial charge in [-0.1, -0.05) is 37.1 Å². The zero-order chi connectivity index (χ0) is 12.8. The average molecular weight is 264 g/mol. The molecule has 1 amide bonds. The summed E-state index contributed by atoms with van der Waals surface area (Å²) in [5.41, 5.74) is 0. The van der Waals surface area contributed by atoms with Crippen molar-refractivity contribution in [2.24, 2.45) is 0 Å². The molecule has 98 valence electrons. The van der Waals surface area contributed by atoms with Crippen molar-refractivity contribution in [2.45, 2.75) is 55.3 Å². The Hall–Kier alpha value is -1.03. The Morgan fingerprint density at radius 1 is 1.39 bits per heavy atom. The second kappa shape index (κ2) is 6.78. The Morgan fingerprint density at radius 3 is 2.83 bits per heavy atom. The molecule has 0 spiro atoms. The Morgan fingerprint density at radius 2 is 2.17 bits per heavy atom. The van der Waals surface area contributed by atoms with E-state index in [9.17, 15) is 4.79 Å². The van der Waals surface area contributed by atoms with Gasteiger partial charge in [0.1, 0.15) is 0 Å². The molecule has 2 rings (SSSR count). The number of carbonyl (C=O) groups is 1. The molecule has 1 fully saturated rings. The van der Waals surface area contributed by atoms with Gasteiger partial charge in [-0.05, 0) is 31.9 Å². The lowest BCUT2D eigenvalue weighted by Crippen LogP contribution is -2.40. The third-order valence-corrected chi connectivity index (χ3v) is 4.31. The highest BCUT2D eigenvalue weighted by Crippen LogP contribution is 2.22. The molecule has 1 N–H and O–H groups in total. The van der Waals surface area contributed by atoms with Crippen LogP contribution in [0.25, 0.3) is 0 Å². The number of hydrogen-bond donors (Lipinski definition) is 1. The summed E-state index contributed by atoms with van der Waals surface area (Å²) in [6.07, 6.45) is 7.82. The van der Waals surface area contributed by atoms with Crippen LogP contribution < -0.4 is 5.32 Å². The number of hydrogen-bond acceptors (Lipinski definition) is 3. The van der Waals surface area contributed by atoms with Crippen LogP contribution in [0.1, 0.15) is 39.0 Å². The van der Waals surface area contributed by atoms with Crippen molar-refractivity contribution in [1.29, 1.82) is 0 Å². The highest BCUT2D eigenvalue weighted by Gasteiger charge is 2.20. The largest absolute Gasteiger partial charge is 0.352 e. The predicted molar refractivity (Wildman–Crippen MR) is 74.6 cm³/mol. The van der Waals surface area contributed by atoms with E-state index in [4.69, 9.17) is 0 Å². The lowest BCUT2D eigenvalue weighted by molar-refractivity contribution is -0.121. The molecule has 0 aromatic carbocycles. The molecule has 1 aliphatic rings. The van der Waals surface area contributed by atoms with Crippen molar-refractivity contribution in [3.05, 3.63) is 24.4 Å². The maximum atomic E-state index is 12.1. The van der Waals surface area contributed by atoms with Crippen molar-refractivity contribution < 1.29 is 4.79 Å². The van der Waals surface area contributed by atoms with Crippen molar-refractivity contribution in [1.82, 2.24) is 10.3 Å². The summed E-state index contributed by atoms with van der Waals surface area (Å²) >= 11 is 1.52. The topological polar surface area (TPSA) is 42.0 Å². The van der Waals surface area contributed by atoms with Crippen LogP contribution in [0.3, 0.4) is 0 Å². The van der Waals surface area contributed by atoms with E-state index in [1.165, 1.54) is 31.0 Å². The molecule has 1 atom stereocenters. The van der Waals surface area contributed by atoms with E-state index in [2.05, 4.69) is 10.3 Å². The summed E-state index contributed by atoms with van der Waals surface area (Å²) in [7, 11) is 0. The van der Waals surface area contributed by atoms with Gasteiger partial charge in [-0.3, -0.25) is 4.79 Å². The van der Waals surface area contributed by atoms with Gasteiger partial charge in [0.25, 0.3) is 0 Å². The number of rotatable bonds is 4. The van der Waals surface area contributed by atoms with Crippen molar-refractivity contribution >= 4 is 17.7 Å². The number of amides is 1. The normalized spacial score (nSPS) is 18.3. The monoisotopic (exact) mass is 264 g/mol. The van der Waals surface area contributed by atoms with E-state index >= 15 is 0 Å². The molecule has 3 nitrogen and oxygen atoms in total. The van der Waals surface area contributed by atoms with E-state index < -0.39 is 0 Å². The van der Waals surface area contributed by atoms with Crippen molar-refractivity contribution in [3.8, 4) is 0 Å². The fourth-order valence-corrected chi connectivity index (χ4v) is 3.03. The fourth-order valence-electron chi connectivity index (χ4n) is 2.22. The lowest BCUT2D eigenvalue weighted by Gasteiger charge is -2.24. The number of nitrogens with one attached hydrogen (secondary N) is 1. The lowest BCUT2D eigenvalue weighted by atomic mass is 9.95. The average Bonchev–Trinajstić information content (AvgIpc) is 2.41. The molecule has 0 aliphatic heterocycles. The first kappa shape index (κ1) is 13.4. The quantitative estimate of drug-likeness (QED) is 0.850. The van der Waals surface area contributed by atoms with Gasteiger partial charge >= 0.3 is 0 Å². The zero-order valence-corrected chi connectivity index (χ0v) is 11.6. The molecule has 18 heavy (non-hydrogen) atoms. The Labute approximate surface area is 113 Å².